The summed E-state index contributed by atoms with van der Waals surface area (Å²) in [5.41, 5.74) is 4.76. The maximum absolute atomic E-state index is 14.2. The maximum Gasteiger partial charge on any atom is 0.254 e. The van der Waals surface area contributed by atoms with Gasteiger partial charge in [0.25, 0.3) is 11.8 Å². The number of hydrogen-bond acceptors (Lipinski definition) is 5. The van der Waals surface area contributed by atoms with E-state index in [1.807, 2.05) is 62.4 Å². The number of piperidine rings is 1. The Labute approximate surface area is 265 Å². The number of carbonyl (C=O) groups is 3. The van der Waals surface area contributed by atoms with E-state index < -0.39 is 30.0 Å². The van der Waals surface area contributed by atoms with Gasteiger partial charge in [0.1, 0.15) is 11.8 Å². The molecule has 0 unspecified atom stereocenters. The van der Waals surface area contributed by atoms with E-state index in [1.165, 1.54) is 6.07 Å². The SMILES string of the molecule is Cc1cccc(C)c1CNC(=O)[C@@H]1C[C@@H]2CCCC[C@@H]2CN1C(=O)[C@@H](O)[C@H](Cc1ccccc1)NC(=O)c1cccc(O)c1C. The molecule has 1 heterocycles. The van der Waals surface area contributed by atoms with Crippen LogP contribution in [0.15, 0.2) is 66.7 Å². The minimum atomic E-state index is -1.58. The average Bonchev–Trinajstić information content (AvgIpc) is 3.04. The number of likely N-dealkylation sites (tertiary alicyclic amines) is 1. The molecule has 2 fully saturated rings. The van der Waals surface area contributed by atoms with Crippen LogP contribution in [0.2, 0.25) is 0 Å². The predicted molar refractivity (Wildman–Crippen MR) is 174 cm³/mol. The fraction of sp³-hybridized carbons (Fsp3) is 0.432. The van der Waals surface area contributed by atoms with Crippen LogP contribution < -0.4 is 10.6 Å². The van der Waals surface area contributed by atoms with E-state index in [2.05, 4.69) is 10.6 Å². The number of aryl methyl sites for hydroxylation is 2. The number of aliphatic hydroxyl groups is 1. The molecule has 1 aliphatic carbocycles. The number of nitrogens with one attached hydrogen (secondary N) is 2. The van der Waals surface area contributed by atoms with Crippen molar-refractivity contribution in [2.75, 3.05) is 6.54 Å². The number of aromatic hydroxyl groups is 1. The Hall–Kier alpha value is -4.17. The van der Waals surface area contributed by atoms with Crippen molar-refractivity contribution in [3.05, 3.63) is 100 Å². The molecule has 0 aromatic heterocycles. The van der Waals surface area contributed by atoms with Gasteiger partial charge in [0.2, 0.25) is 5.91 Å². The molecular weight excluding hydrogens is 566 g/mol. The van der Waals surface area contributed by atoms with E-state index in [0.29, 0.717) is 31.0 Å². The molecule has 8 nitrogen and oxygen atoms in total. The highest BCUT2D eigenvalue weighted by Crippen LogP contribution is 2.39. The van der Waals surface area contributed by atoms with Crippen molar-refractivity contribution in [3.8, 4) is 5.75 Å². The minimum Gasteiger partial charge on any atom is -0.508 e. The van der Waals surface area contributed by atoms with E-state index in [0.717, 1.165) is 47.9 Å². The Balaban J connectivity index is 1.40. The number of aliphatic hydroxyl groups excluding tert-OH is 1. The number of phenols is 1. The van der Waals surface area contributed by atoms with E-state index in [9.17, 15) is 24.6 Å². The van der Waals surface area contributed by atoms with Crippen LogP contribution in [-0.2, 0) is 22.6 Å². The number of rotatable bonds is 9. The molecule has 4 N–H and O–H groups in total. The molecule has 45 heavy (non-hydrogen) atoms. The number of carbonyl (C=O) groups excluding carboxylic acids is 3. The third-order valence-corrected chi connectivity index (χ3v) is 9.87. The van der Waals surface area contributed by atoms with Gasteiger partial charge in [-0.25, -0.2) is 0 Å². The first-order valence-electron chi connectivity index (χ1n) is 16.1. The number of amides is 3. The van der Waals surface area contributed by atoms with E-state index in [4.69, 9.17) is 0 Å². The molecule has 238 valence electrons. The van der Waals surface area contributed by atoms with E-state index >= 15 is 0 Å². The normalized spacial score (nSPS) is 20.9. The van der Waals surface area contributed by atoms with Gasteiger partial charge < -0.3 is 25.7 Å². The largest absolute Gasteiger partial charge is 0.508 e. The summed E-state index contributed by atoms with van der Waals surface area (Å²) in [7, 11) is 0. The average molecular weight is 612 g/mol. The Morgan fingerprint density at radius 2 is 1.56 bits per heavy atom. The monoisotopic (exact) mass is 611 g/mol. The third kappa shape index (κ3) is 7.39. The Morgan fingerprint density at radius 3 is 2.27 bits per heavy atom. The zero-order valence-corrected chi connectivity index (χ0v) is 26.5. The number of phenolic OH excluding ortho intramolecular Hbond substituents is 1. The van der Waals surface area contributed by atoms with Crippen molar-refractivity contribution in [2.45, 2.75) is 84.0 Å². The molecule has 3 amide bonds. The summed E-state index contributed by atoms with van der Waals surface area (Å²) in [6.07, 6.45) is 3.41. The number of hydrogen-bond donors (Lipinski definition) is 4. The highest BCUT2D eigenvalue weighted by molar-refractivity contribution is 5.97. The second-order valence-electron chi connectivity index (χ2n) is 12.8. The summed E-state index contributed by atoms with van der Waals surface area (Å²) in [5, 5.41) is 27.9. The number of nitrogens with zero attached hydrogens (tertiary/aromatic N) is 1. The number of fused-ring (bicyclic) bond motifs is 1. The van der Waals surface area contributed by atoms with Crippen LogP contribution in [-0.4, -0.2) is 57.6 Å². The topological polar surface area (TPSA) is 119 Å². The van der Waals surface area contributed by atoms with E-state index in [-0.39, 0.29) is 29.6 Å². The zero-order chi connectivity index (χ0) is 32.1. The molecule has 5 atom stereocenters. The molecule has 8 heteroatoms. The van der Waals surface area contributed by atoms with Crippen molar-refractivity contribution in [1.29, 1.82) is 0 Å². The lowest BCUT2D eigenvalue weighted by Gasteiger charge is -2.46. The molecule has 0 spiro atoms. The molecule has 0 bridgehead atoms. The second kappa shape index (κ2) is 14.3. The third-order valence-electron chi connectivity index (χ3n) is 9.87. The summed E-state index contributed by atoms with van der Waals surface area (Å²) in [4.78, 5) is 43.1. The van der Waals surface area contributed by atoms with Gasteiger partial charge in [0.15, 0.2) is 6.10 Å². The molecule has 0 radical (unpaired) electrons. The molecule has 1 saturated heterocycles. The first-order valence-corrected chi connectivity index (χ1v) is 16.1. The van der Waals surface area contributed by atoms with Gasteiger partial charge in [-0.3, -0.25) is 14.4 Å². The Morgan fingerprint density at radius 1 is 0.889 bits per heavy atom. The molecule has 5 rings (SSSR count). The summed E-state index contributed by atoms with van der Waals surface area (Å²) in [6.45, 7) is 6.46. The quantitative estimate of drug-likeness (QED) is 0.279. The minimum absolute atomic E-state index is 0.0102. The van der Waals surface area contributed by atoms with Gasteiger partial charge in [-0.05, 0) is 86.3 Å². The van der Waals surface area contributed by atoms with Crippen LogP contribution in [0, 0.1) is 32.6 Å². The van der Waals surface area contributed by atoms with Gasteiger partial charge in [-0.15, -0.1) is 0 Å². The van der Waals surface area contributed by atoms with Gasteiger partial charge in [-0.2, -0.15) is 0 Å². The smallest absolute Gasteiger partial charge is 0.254 e. The van der Waals surface area contributed by atoms with Crippen LogP contribution in [0.5, 0.6) is 5.75 Å². The fourth-order valence-corrected chi connectivity index (χ4v) is 7.11. The Bertz CT molecular complexity index is 1500. The predicted octanol–water partition coefficient (Wildman–Crippen LogP) is 4.74. The first-order chi connectivity index (χ1) is 21.6. The van der Waals surface area contributed by atoms with Crippen LogP contribution in [0.1, 0.15) is 70.3 Å². The molecule has 1 saturated carbocycles. The van der Waals surface area contributed by atoms with Crippen LogP contribution in [0.4, 0.5) is 0 Å². The molecule has 1 aliphatic heterocycles. The maximum atomic E-state index is 14.2. The van der Waals surface area contributed by atoms with Crippen molar-refractivity contribution >= 4 is 17.7 Å². The van der Waals surface area contributed by atoms with Crippen LogP contribution in [0.3, 0.4) is 0 Å². The fourth-order valence-electron chi connectivity index (χ4n) is 7.11. The van der Waals surface area contributed by atoms with Crippen molar-refractivity contribution in [3.63, 3.8) is 0 Å². The Kier molecular flexibility index (Phi) is 10.2. The first kappa shape index (κ1) is 32.2. The van der Waals surface area contributed by atoms with Crippen LogP contribution in [0.25, 0.3) is 0 Å². The van der Waals surface area contributed by atoms with Crippen LogP contribution >= 0.6 is 0 Å². The highest BCUT2D eigenvalue weighted by Gasteiger charge is 2.44. The summed E-state index contributed by atoms with van der Waals surface area (Å²) < 4.78 is 0. The van der Waals surface area contributed by atoms with Gasteiger partial charge in [0, 0.05) is 24.2 Å². The second-order valence-corrected chi connectivity index (χ2v) is 12.8. The standard InChI is InChI=1S/C37H45N3O5/c1-23-11-9-12-24(2)30(23)21-38-36(44)32-20-27-15-7-8-16-28(27)22-40(32)37(45)34(42)31(19-26-13-5-4-6-14-26)39-35(43)29-17-10-18-33(41)25(29)3/h4-6,9-14,17-18,27-28,31-32,34,41-42H,7-8,15-16,19-22H2,1-3H3,(H,38,44)(H,39,43)/t27-,28+,31-,32-,34-/m0/s1. The van der Waals surface area contributed by atoms with Gasteiger partial charge >= 0.3 is 0 Å². The number of benzene rings is 3. The van der Waals surface area contributed by atoms with Crippen molar-refractivity contribution < 1.29 is 24.6 Å². The highest BCUT2D eigenvalue weighted by atomic mass is 16.3. The lowest BCUT2D eigenvalue weighted by molar-refractivity contribution is -0.153. The lowest BCUT2D eigenvalue weighted by Crippen LogP contribution is -2.61. The van der Waals surface area contributed by atoms with Crippen molar-refractivity contribution in [1.82, 2.24) is 15.5 Å². The summed E-state index contributed by atoms with van der Waals surface area (Å²) in [6, 6.07) is 18.4. The lowest BCUT2D eigenvalue weighted by atomic mass is 9.72. The van der Waals surface area contributed by atoms with Gasteiger partial charge in [0.05, 0.1) is 6.04 Å². The molecule has 2 aliphatic rings. The van der Waals surface area contributed by atoms with Crippen molar-refractivity contribution in [2.24, 2.45) is 11.8 Å². The zero-order valence-electron chi connectivity index (χ0n) is 26.5. The molecular formula is C37H45N3O5. The molecule has 3 aromatic carbocycles. The molecule has 3 aromatic rings. The summed E-state index contributed by atoms with van der Waals surface area (Å²) in [5.74, 6) is -0.658. The van der Waals surface area contributed by atoms with E-state index in [1.54, 1.807) is 24.0 Å². The van der Waals surface area contributed by atoms with Gasteiger partial charge in [-0.1, -0.05) is 73.9 Å². The summed E-state index contributed by atoms with van der Waals surface area (Å²) >= 11 is 0.